The SMILES string of the molecule is CCC(C)C(N)C(=O)NC(CCCCN)C(=O)NCC(=O)N1CCCC1C(=O)O. The number of likely N-dealkylation sites (tertiary alicyclic amines) is 1. The average Bonchev–Trinajstić information content (AvgIpc) is 3.20. The minimum atomic E-state index is -1.05. The topological polar surface area (TPSA) is 168 Å². The number of hydrogen-bond donors (Lipinski definition) is 5. The Hall–Kier alpha value is -2.20. The van der Waals surface area contributed by atoms with E-state index in [-0.39, 0.29) is 12.5 Å². The molecule has 3 amide bonds. The molecule has 0 radical (unpaired) electrons. The predicted molar refractivity (Wildman–Crippen MR) is 108 cm³/mol. The van der Waals surface area contributed by atoms with Gasteiger partial charge in [0.1, 0.15) is 12.1 Å². The quantitative estimate of drug-likeness (QED) is 0.260. The van der Waals surface area contributed by atoms with Crippen LogP contribution in [0.1, 0.15) is 52.4 Å². The number of rotatable bonds is 12. The summed E-state index contributed by atoms with van der Waals surface area (Å²) in [6, 6.07) is -2.41. The number of carbonyl (C=O) groups excluding carboxylic acids is 3. The summed E-state index contributed by atoms with van der Waals surface area (Å²) in [5.41, 5.74) is 11.4. The highest BCUT2D eigenvalue weighted by atomic mass is 16.4. The summed E-state index contributed by atoms with van der Waals surface area (Å²) in [4.78, 5) is 49.8. The first-order valence-electron chi connectivity index (χ1n) is 10.3. The van der Waals surface area contributed by atoms with Crippen LogP contribution in [0.5, 0.6) is 0 Å². The van der Waals surface area contributed by atoms with E-state index in [4.69, 9.17) is 11.5 Å². The van der Waals surface area contributed by atoms with Gasteiger partial charge in [-0.25, -0.2) is 4.79 Å². The molecule has 7 N–H and O–H groups in total. The zero-order chi connectivity index (χ0) is 22.0. The maximum atomic E-state index is 12.6. The van der Waals surface area contributed by atoms with E-state index in [1.807, 2.05) is 13.8 Å². The Morgan fingerprint density at radius 2 is 1.90 bits per heavy atom. The maximum absolute atomic E-state index is 12.6. The van der Waals surface area contributed by atoms with Gasteiger partial charge in [-0.15, -0.1) is 0 Å². The van der Waals surface area contributed by atoms with Crippen molar-refractivity contribution >= 4 is 23.7 Å². The molecule has 166 valence electrons. The second kappa shape index (κ2) is 12.4. The largest absolute Gasteiger partial charge is 0.480 e. The van der Waals surface area contributed by atoms with Gasteiger partial charge in [-0.05, 0) is 44.6 Å². The average molecular weight is 414 g/mol. The molecule has 1 aliphatic heterocycles. The van der Waals surface area contributed by atoms with Gasteiger partial charge in [0.05, 0.1) is 12.6 Å². The van der Waals surface area contributed by atoms with Crippen LogP contribution >= 0.6 is 0 Å². The van der Waals surface area contributed by atoms with Crippen molar-refractivity contribution in [1.82, 2.24) is 15.5 Å². The van der Waals surface area contributed by atoms with Crippen molar-refractivity contribution < 1.29 is 24.3 Å². The summed E-state index contributed by atoms with van der Waals surface area (Å²) in [7, 11) is 0. The summed E-state index contributed by atoms with van der Waals surface area (Å²) >= 11 is 0. The van der Waals surface area contributed by atoms with Crippen LogP contribution in [0.15, 0.2) is 0 Å². The van der Waals surface area contributed by atoms with Gasteiger partial charge in [-0.2, -0.15) is 0 Å². The molecule has 0 saturated carbocycles. The van der Waals surface area contributed by atoms with Crippen LogP contribution in [-0.4, -0.2) is 71.5 Å². The first kappa shape index (κ1) is 24.8. The Morgan fingerprint density at radius 3 is 2.48 bits per heavy atom. The van der Waals surface area contributed by atoms with Crippen LogP contribution in [0.25, 0.3) is 0 Å². The Bertz CT molecular complexity index is 585. The standard InChI is InChI=1S/C19H35N5O5/c1-3-12(2)16(21)18(27)23-13(7-4-5-9-20)17(26)22-11-15(25)24-10-6-8-14(24)19(28)29/h12-14,16H,3-11,20-21H2,1-2H3,(H,22,26)(H,23,27)(H,28,29). The summed E-state index contributed by atoms with van der Waals surface area (Å²) in [6.07, 6.45) is 3.45. The fourth-order valence-electron chi connectivity index (χ4n) is 3.25. The highest BCUT2D eigenvalue weighted by Crippen LogP contribution is 2.17. The van der Waals surface area contributed by atoms with Crippen LogP contribution in [0, 0.1) is 5.92 Å². The lowest BCUT2D eigenvalue weighted by Gasteiger charge is -2.24. The van der Waals surface area contributed by atoms with E-state index in [9.17, 15) is 24.3 Å². The molecule has 1 fully saturated rings. The summed E-state index contributed by atoms with van der Waals surface area (Å²) in [5, 5.41) is 14.4. The van der Waals surface area contributed by atoms with Crippen molar-refractivity contribution in [1.29, 1.82) is 0 Å². The number of unbranched alkanes of at least 4 members (excludes halogenated alkanes) is 1. The molecule has 1 rings (SSSR count). The van der Waals surface area contributed by atoms with Crippen LogP contribution < -0.4 is 22.1 Å². The van der Waals surface area contributed by atoms with Crippen molar-refractivity contribution in [2.45, 2.75) is 70.5 Å². The molecule has 0 aromatic carbocycles. The third-order valence-electron chi connectivity index (χ3n) is 5.41. The smallest absolute Gasteiger partial charge is 0.326 e. The van der Waals surface area contributed by atoms with E-state index in [2.05, 4.69) is 10.6 Å². The zero-order valence-electron chi connectivity index (χ0n) is 17.4. The molecule has 4 atom stereocenters. The van der Waals surface area contributed by atoms with Crippen molar-refractivity contribution in [3.63, 3.8) is 0 Å². The third kappa shape index (κ3) is 7.62. The molecule has 10 heteroatoms. The predicted octanol–water partition coefficient (Wildman–Crippen LogP) is -0.835. The highest BCUT2D eigenvalue weighted by Gasteiger charge is 2.34. The van der Waals surface area contributed by atoms with Gasteiger partial charge < -0.3 is 32.1 Å². The van der Waals surface area contributed by atoms with E-state index in [0.29, 0.717) is 45.2 Å². The number of carbonyl (C=O) groups is 4. The van der Waals surface area contributed by atoms with Gasteiger partial charge in [-0.3, -0.25) is 14.4 Å². The first-order valence-corrected chi connectivity index (χ1v) is 10.3. The molecule has 0 aromatic rings. The highest BCUT2D eigenvalue weighted by molar-refractivity contribution is 5.92. The van der Waals surface area contributed by atoms with Crippen LogP contribution in [-0.2, 0) is 19.2 Å². The van der Waals surface area contributed by atoms with E-state index >= 15 is 0 Å². The van der Waals surface area contributed by atoms with Crippen LogP contribution in [0.2, 0.25) is 0 Å². The third-order valence-corrected chi connectivity index (χ3v) is 5.41. The van der Waals surface area contributed by atoms with Crippen molar-refractivity contribution in [3.8, 4) is 0 Å². The number of nitrogens with zero attached hydrogens (tertiary/aromatic N) is 1. The molecule has 29 heavy (non-hydrogen) atoms. The molecule has 0 bridgehead atoms. The number of nitrogens with two attached hydrogens (primary N) is 2. The number of carboxylic acids is 1. The Kier molecular flexibility index (Phi) is 10.6. The van der Waals surface area contributed by atoms with Crippen molar-refractivity contribution in [3.05, 3.63) is 0 Å². The van der Waals surface area contributed by atoms with E-state index in [1.54, 1.807) is 0 Å². The lowest BCUT2D eigenvalue weighted by molar-refractivity contribution is -0.148. The van der Waals surface area contributed by atoms with Crippen molar-refractivity contribution in [2.75, 3.05) is 19.6 Å². The zero-order valence-corrected chi connectivity index (χ0v) is 17.4. The lowest BCUT2D eigenvalue weighted by Crippen LogP contribution is -2.54. The number of nitrogens with one attached hydrogen (secondary N) is 2. The number of hydrogen-bond acceptors (Lipinski definition) is 6. The fraction of sp³-hybridized carbons (Fsp3) is 0.789. The Morgan fingerprint density at radius 1 is 1.21 bits per heavy atom. The van der Waals surface area contributed by atoms with Crippen LogP contribution in [0.4, 0.5) is 0 Å². The minimum absolute atomic E-state index is 0.0348. The molecule has 4 unspecified atom stereocenters. The molecule has 0 aliphatic carbocycles. The summed E-state index contributed by atoms with van der Waals surface area (Å²) in [5.74, 6) is -2.44. The van der Waals surface area contributed by atoms with Gasteiger partial charge in [0.15, 0.2) is 0 Å². The van der Waals surface area contributed by atoms with Gasteiger partial charge in [0.25, 0.3) is 0 Å². The second-order valence-corrected chi connectivity index (χ2v) is 7.56. The van der Waals surface area contributed by atoms with E-state index in [0.717, 1.165) is 6.42 Å². The number of aliphatic carboxylic acids is 1. The maximum Gasteiger partial charge on any atom is 0.326 e. The van der Waals surface area contributed by atoms with Crippen molar-refractivity contribution in [2.24, 2.45) is 17.4 Å². The lowest BCUT2D eigenvalue weighted by atomic mass is 9.98. The number of amides is 3. The molecular weight excluding hydrogens is 378 g/mol. The normalized spacial score (nSPS) is 19.3. The molecule has 1 aliphatic rings. The molecular formula is C19H35N5O5. The van der Waals surface area contributed by atoms with Gasteiger partial charge in [0, 0.05) is 6.54 Å². The monoisotopic (exact) mass is 413 g/mol. The molecule has 10 nitrogen and oxygen atoms in total. The molecule has 0 aromatic heterocycles. The van der Waals surface area contributed by atoms with Gasteiger partial charge >= 0.3 is 5.97 Å². The molecule has 0 spiro atoms. The summed E-state index contributed by atoms with van der Waals surface area (Å²) < 4.78 is 0. The first-order chi connectivity index (χ1) is 13.7. The van der Waals surface area contributed by atoms with E-state index in [1.165, 1.54) is 4.90 Å². The Labute approximate surface area is 171 Å². The van der Waals surface area contributed by atoms with Gasteiger partial charge in [0.2, 0.25) is 17.7 Å². The fourth-order valence-corrected chi connectivity index (χ4v) is 3.25. The minimum Gasteiger partial charge on any atom is -0.480 e. The summed E-state index contributed by atoms with van der Waals surface area (Å²) in [6.45, 7) is 4.30. The Balaban J connectivity index is 2.67. The molecule has 1 heterocycles. The van der Waals surface area contributed by atoms with Gasteiger partial charge in [-0.1, -0.05) is 20.3 Å². The van der Waals surface area contributed by atoms with Crippen LogP contribution in [0.3, 0.4) is 0 Å². The molecule has 1 saturated heterocycles. The second-order valence-electron chi connectivity index (χ2n) is 7.56. The number of carboxylic acid groups (broad SMARTS) is 1. The van der Waals surface area contributed by atoms with E-state index < -0.39 is 41.8 Å².